The van der Waals surface area contributed by atoms with Crippen molar-refractivity contribution in [1.82, 2.24) is 8.61 Å². The molecular weight excluding hydrogens is 254 g/mol. The highest BCUT2D eigenvalue weighted by atomic mass is 32.2. The van der Waals surface area contributed by atoms with Crippen LogP contribution in [0, 0.1) is 5.92 Å². The summed E-state index contributed by atoms with van der Waals surface area (Å²) in [5, 5.41) is 0. The molecule has 18 heavy (non-hydrogen) atoms. The van der Waals surface area contributed by atoms with Crippen LogP contribution in [0.2, 0.25) is 0 Å². The molecule has 0 radical (unpaired) electrons. The second-order valence-electron chi connectivity index (χ2n) is 4.81. The summed E-state index contributed by atoms with van der Waals surface area (Å²) in [6, 6.07) is 0. The first-order chi connectivity index (χ1) is 8.48. The molecule has 1 heterocycles. The smallest absolute Gasteiger partial charge is 0.281 e. The molecule has 1 aliphatic rings. The van der Waals surface area contributed by atoms with Crippen molar-refractivity contribution in [2.45, 2.75) is 19.3 Å². The maximum absolute atomic E-state index is 12.2. The van der Waals surface area contributed by atoms with Crippen molar-refractivity contribution >= 4 is 10.2 Å². The first-order valence-corrected chi connectivity index (χ1v) is 7.83. The van der Waals surface area contributed by atoms with Crippen LogP contribution in [0.1, 0.15) is 19.3 Å². The van der Waals surface area contributed by atoms with Gasteiger partial charge in [0.15, 0.2) is 0 Å². The number of nitrogens with zero attached hydrogens (tertiary/aromatic N) is 2. The van der Waals surface area contributed by atoms with Gasteiger partial charge in [-0.3, -0.25) is 0 Å². The molecule has 1 aliphatic heterocycles. The third-order valence-electron chi connectivity index (χ3n) is 3.32. The van der Waals surface area contributed by atoms with Crippen molar-refractivity contribution in [3.05, 3.63) is 0 Å². The van der Waals surface area contributed by atoms with Crippen LogP contribution in [0.3, 0.4) is 0 Å². The standard InChI is InChI=1S/C11H25N3O3S/c1-13(7-3-6-12)18(15,16)14(2)10-11-4-8-17-9-5-11/h11H,3-10,12H2,1-2H3. The number of ether oxygens (including phenoxy) is 1. The van der Waals surface area contributed by atoms with Gasteiger partial charge in [0.05, 0.1) is 0 Å². The van der Waals surface area contributed by atoms with Gasteiger partial charge in [0.25, 0.3) is 10.2 Å². The van der Waals surface area contributed by atoms with E-state index in [1.807, 2.05) is 0 Å². The maximum atomic E-state index is 12.2. The van der Waals surface area contributed by atoms with Crippen LogP contribution in [-0.4, -0.2) is 64.0 Å². The second-order valence-corrected chi connectivity index (χ2v) is 6.95. The molecule has 0 atom stereocenters. The minimum atomic E-state index is -3.34. The fraction of sp³-hybridized carbons (Fsp3) is 1.00. The average molecular weight is 279 g/mol. The molecule has 0 aromatic carbocycles. The van der Waals surface area contributed by atoms with E-state index in [0.717, 1.165) is 26.1 Å². The summed E-state index contributed by atoms with van der Waals surface area (Å²) in [5.74, 6) is 0.404. The average Bonchev–Trinajstić information content (AvgIpc) is 2.36. The Balaban J connectivity index is 2.49. The summed E-state index contributed by atoms with van der Waals surface area (Å²) in [6.07, 6.45) is 2.56. The van der Waals surface area contributed by atoms with E-state index in [0.29, 0.717) is 32.0 Å². The van der Waals surface area contributed by atoms with Crippen LogP contribution >= 0.6 is 0 Å². The second kappa shape index (κ2) is 7.40. The van der Waals surface area contributed by atoms with Crippen molar-refractivity contribution in [3.8, 4) is 0 Å². The van der Waals surface area contributed by atoms with Crippen LogP contribution < -0.4 is 5.73 Å². The molecule has 1 fully saturated rings. The fourth-order valence-corrected chi connectivity index (χ4v) is 3.29. The number of hydrogen-bond donors (Lipinski definition) is 1. The highest BCUT2D eigenvalue weighted by Gasteiger charge is 2.26. The zero-order chi connectivity index (χ0) is 13.6. The Kier molecular flexibility index (Phi) is 6.51. The summed E-state index contributed by atoms with van der Waals surface area (Å²) in [7, 11) is -0.0951. The Bertz CT molecular complexity index is 328. The molecule has 0 saturated carbocycles. The highest BCUT2D eigenvalue weighted by molar-refractivity contribution is 7.86. The summed E-state index contributed by atoms with van der Waals surface area (Å²) in [4.78, 5) is 0. The topological polar surface area (TPSA) is 75.9 Å². The molecule has 1 saturated heterocycles. The van der Waals surface area contributed by atoms with Crippen LogP contribution in [0.25, 0.3) is 0 Å². The molecule has 0 spiro atoms. The van der Waals surface area contributed by atoms with E-state index < -0.39 is 10.2 Å². The first-order valence-electron chi connectivity index (χ1n) is 6.44. The highest BCUT2D eigenvalue weighted by Crippen LogP contribution is 2.17. The van der Waals surface area contributed by atoms with E-state index in [9.17, 15) is 8.42 Å². The van der Waals surface area contributed by atoms with E-state index >= 15 is 0 Å². The van der Waals surface area contributed by atoms with Gasteiger partial charge < -0.3 is 10.5 Å². The van der Waals surface area contributed by atoms with Crippen molar-refractivity contribution in [3.63, 3.8) is 0 Å². The molecule has 1 rings (SSSR count). The van der Waals surface area contributed by atoms with Gasteiger partial charge in [0.1, 0.15) is 0 Å². The van der Waals surface area contributed by atoms with E-state index in [1.165, 1.54) is 8.61 Å². The molecule has 6 nitrogen and oxygen atoms in total. The van der Waals surface area contributed by atoms with Crippen molar-refractivity contribution in [2.75, 3.05) is 46.9 Å². The predicted octanol–water partition coefficient (Wildman–Crippen LogP) is -0.130. The molecule has 0 amide bonds. The fourth-order valence-electron chi connectivity index (χ4n) is 2.05. The Hall–Kier alpha value is -0.210. The molecule has 0 unspecified atom stereocenters. The summed E-state index contributed by atoms with van der Waals surface area (Å²) >= 11 is 0. The van der Waals surface area contributed by atoms with Gasteiger partial charge in [-0.25, -0.2) is 0 Å². The van der Waals surface area contributed by atoms with E-state index in [1.54, 1.807) is 14.1 Å². The summed E-state index contributed by atoms with van der Waals surface area (Å²) < 4.78 is 32.5. The van der Waals surface area contributed by atoms with Gasteiger partial charge in [-0.15, -0.1) is 0 Å². The third-order valence-corrected chi connectivity index (χ3v) is 5.23. The minimum absolute atomic E-state index is 0.404. The molecule has 0 aromatic rings. The lowest BCUT2D eigenvalue weighted by Crippen LogP contribution is -2.43. The van der Waals surface area contributed by atoms with Crippen molar-refractivity contribution in [2.24, 2.45) is 11.7 Å². The zero-order valence-electron chi connectivity index (χ0n) is 11.3. The first kappa shape index (κ1) is 15.8. The van der Waals surface area contributed by atoms with E-state index in [2.05, 4.69) is 0 Å². The summed E-state index contributed by atoms with van der Waals surface area (Å²) in [6.45, 7) is 3.02. The van der Waals surface area contributed by atoms with Crippen LogP contribution in [0.5, 0.6) is 0 Å². The normalized spacial score (nSPS) is 18.7. The van der Waals surface area contributed by atoms with Gasteiger partial charge in [-0.05, 0) is 31.7 Å². The van der Waals surface area contributed by atoms with Crippen molar-refractivity contribution < 1.29 is 13.2 Å². The van der Waals surface area contributed by atoms with Crippen LogP contribution in [-0.2, 0) is 14.9 Å². The quantitative estimate of drug-likeness (QED) is 0.704. The van der Waals surface area contributed by atoms with Crippen LogP contribution in [0.4, 0.5) is 0 Å². The Morgan fingerprint density at radius 3 is 2.39 bits per heavy atom. The predicted molar refractivity (Wildman–Crippen MR) is 71.4 cm³/mol. The third kappa shape index (κ3) is 4.47. The molecule has 0 aliphatic carbocycles. The number of rotatable bonds is 7. The summed E-state index contributed by atoms with van der Waals surface area (Å²) in [5.41, 5.74) is 5.40. The lowest BCUT2D eigenvalue weighted by atomic mass is 10.0. The Morgan fingerprint density at radius 2 is 1.83 bits per heavy atom. The minimum Gasteiger partial charge on any atom is -0.381 e. The van der Waals surface area contributed by atoms with E-state index in [-0.39, 0.29) is 0 Å². The van der Waals surface area contributed by atoms with E-state index in [4.69, 9.17) is 10.5 Å². The van der Waals surface area contributed by atoms with Gasteiger partial charge in [-0.1, -0.05) is 0 Å². The molecule has 7 heteroatoms. The van der Waals surface area contributed by atoms with Gasteiger partial charge >= 0.3 is 0 Å². The molecular formula is C11H25N3O3S. The SMILES string of the molecule is CN(CCCN)S(=O)(=O)N(C)CC1CCOCC1. The Labute approximate surface area is 110 Å². The Morgan fingerprint density at radius 1 is 1.22 bits per heavy atom. The molecule has 108 valence electrons. The van der Waals surface area contributed by atoms with Gasteiger partial charge in [0, 0.05) is 40.4 Å². The molecule has 0 aromatic heterocycles. The molecule has 2 N–H and O–H groups in total. The lowest BCUT2D eigenvalue weighted by molar-refractivity contribution is 0.0616. The zero-order valence-corrected chi connectivity index (χ0v) is 12.2. The largest absolute Gasteiger partial charge is 0.381 e. The van der Waals surface area contributed by atoms with Gasteiger partial charge in [0.2, 0.25) is 0 Å². The maximum Gasteiger partial charge on any atom is 0.281 e. The van der Waals surface area contributed by atoms with Gasteiger partial charge in [-0.2, -0.15) is 17.0 Å². The van der Waals surface area contributed by atoms with Crippen molar-refractivity contribution in [1.29, 1.82) is 0 Å². The number of nitrogens with two attached hydrogens (primary N) is 1. The number of hydrogen-bond acceptors (Lipinski definition) is 4. The van der Waals surface area contributed by atoms with Crippen LogP contribution in [0.15, 0.2) is 0 Å². The molecule has 0 bridgehead atoms. The monoisotopic (exact) mass is 279 g/mol. The lowest BCUT2D eigenvalue weighted by Gasteiger charge is -2.29.